The van der Waals surface area contributed by atoms with Gasteiger partial charge in [0.05, 0.1) is 0 Å². The van der Waals surface area contributed by atoms with Gasteiger partial charge in [-0.25, -0.2) is 0 Å². The van der Waals surface area contributed by atoms with Gasteiger partial charge in [0.1, 0.15) is 0 Å². The fourth-order valence-electron chi connectivity index (χ4n) is 3.24. The van der Waals surface area contributed by atoms with Crippen LogP contribution in [0.1, 0.15) is 38.5 Å². The van der Waals surface area contributed by atoms with E-state index in [-0.39, 0.29) is 5.54 Å². The molecule has 0 radical (unpaired) electrons. The fourth-order valence-corrected chi connectivity index (χ4v) is 3.24. The van der Waals surface area contributed by atoms with Gasteiger partial charge in [0.25, 0.3) is 0 Å². The average molecular weight is 180 g/mol. The second-order valence-electron chi connectivity index (χ2n) is 5.71. The van der Waals surface area contributed by atoms with E-state index in [1.807, 2.05) is 0 Å². The highest BCUT2D eigenvalue weighted by atomic mass is 15.2. The quantitative estimate of drug-likeness (QED) is 0.695. The molecule has 0 bridgehead atoms. The predicted octanol–water partition coefficient (Wildman–Crippen LogP) is 1.35. The molecule has 2 heteroatoms. The summed E-state index contributed by atoms with van der Waals surface area (Å²) >= 11 is 0. The second-order valence-corrected chi connectivity index (χ2v) is 5.71. The average Bonchev–Trinajstić information content (AvgIpc) is 1.88. The Morgan fingerprint density at radius 2 is 1.62 bits per heavy atom. The highest BCUT2D eigenvalue weighted by Gasteiger charge is 2.49. The molecule has 2 saturated carbocycles. The molecule has 1 spiro atoms. The summed E-state index contributed by atoms with van der Waals surface area (Å²) in [5.41, 5.74) is 7.21. The summed E-state index contributed by atoms with van der Waals surface area (Å²) in [5, 5.41) is 0. The predicted molar refractivity (Wildman–Crippen MR) is 53.5 cm³/mol. The van der Waals surface area contributed by atoms with Gasteiger partial charge in [-0.05, 0) is 37.5 Å². The molecule has 13 heavy (non-hydrogen) atoms. The second kappa shape index (κ2) is 2.48. The van der Waals surface area contributed by atoms with Gasteiger partial charge in [-0.3, -0.25) is 0 Å². The van der Waals surface area contributed by atoms with Crippen molar-refractivity contribution in [2.75, 3.05) is 19.6 Å². The summed E-state index contributed by atoms with van der Waals surface area (Å²) in [6, 6.07) is 0. The monoisotopic (exact) mass is 180 g/mol. The lowest BCUT2D eigenvalue weighted by molar-refractivity contribution is -0.0751. The van der Waals surface area contributed by atoms with E-state index in [0.717, 1.165) is 5.41 Å². The lowest BCUT2D eigenvalue weighted by Crippen LogP contribution is -2.65. The van der Waals surface area contributed by atoms with Crippen molar-refractivity contribution in [2.24, 2.45) is 11.1 Å². The topological polar surface area (TPSA) is 29.3 Å². The number of rotatable bonds is 2. The van der Waals surface area contributed by atoms with E-state index in [2.05, 4.69) is 4.90 Å². The van der Waals surface area contributed by atoms with Gasteiger partial charge in [0.15, 0.2) is 0 Å². The molecule has 3 fully saturated rings. The maximum absolute atomic E-state index is 6.22. The molecule has 3 aliphatic rings. The van der Waals surface area contributed by atoms with Crippen molar-refractivity contribution in [1.82, 2.24) is 4.90 Å². The minimum Gasteiger partial charge on any atom is -0.324 e. The molecule has 2 nitrogen and oxygen atoms in total. The summed E-state index contributed by atoms with van der Waals surface area (Å²) in [6.07, 6.45) is 8.33. The zero-order valence-electron chi connectivity index (χ0n) is 8.39. The van der Waals surface area contributed by atoms with Crippen molar-refractivity contribution in [1.29, 1.82) is 0 Å². The van der Waals surface area contributed by atoms with Crippen molar-refractivity contribution in [3.63, 3.8) is 0 Å². The molecule has 2 aliphatic carbocycles. The van der Waals surface area contributed by atoms with Crippen LogP contribution >= 0.6 is 0 Å². The summed E-state index contributed by atoms with van der Waals surface area (Å²) in [7, 11) is 0. The lowest BCUT2D eigenvalue weighted by atomic mass is 9.63. The van der Waals surface area contributed by atoms with Crippen LogP contribution in [0.5, 0.6) is 0 Å². The first-order valence-electron chi connectivity index (χ1n) is 5.71. The molecule has 2 N–H and O–H groups in total. The molecule has 74 valence electrons. The third-order valence-electron chi connectivity index (χ3n) is 4.42. The Kier molecular flexibility index (Phi) is 1.58. The molecule has 0 aromatic heterocycles. The third-order valence-corrected chi connectivity index (χ3v) is 4.42. The van der Waals surface area contributed by atoms with Crippen molar-refractivity contribution >= 4 is 0 Å². The third kappa shape index (κ3) is 1.23. The molecular weight excluding hydrogens is 160 g/mol. The standard InChI is InChI=1S/C11H20N2/c12-11(5-2-6-11)9-13-7-10(8-13)3-1-4-10/h1-9,12H2. The van der Waals surface area contributed by atoms with E-state index in [0.29, 0.717) is 0 Å². The van der Waals surface area contributed by atoms with Crippen LogP contribution in [-0.4, -0.2) is 30.1 Å². The van der Waals surface area contributed by atoms with Crippen LogP contribution in [0, 0.1) is 5.41 Å². The van der Waals surface area contributed by atoms with Crippen LogP contribution in [-0.2, 0) is 0 Å². The normalized spacial score (nSPS) is 34.8. The van der Waals surface area contributed by atoms with E-state index >= 15 is 0 Å². The molecule has 1 aliphatic heterocycles. The van der Waals surface area contributed by atoms with E-state index < -0.39 is 0 Å². The first-order valence-corrected chi connectivity index (χ1v) is 5.71. The number of hydrogen-bond donors (Lipinski definition) is 1. The minimum absolute atomic E-state index is 0.214. The highest BCUT2D eigenvalue weighted by Crippen LogP contribution is 2.48. The van der Waals surface area contributed by atoms with Gasteiger partial charge in [0, 0.05) is 25.2 Å². The van der Waals surface area contributed by atoms with Crippen LogP contribution in [0.15, 0.2) is 0 Å². The molecule has 1 heterocycles. The van der Waals surface area contributed by atoms with E-state index in [4.69, 9.17) is 5.73 Å². The molecule has 0 unspecified atom stereocenters. The van der Waals surface area contributed by atoms with Gasteiger partial charge < -0.3 is 10.6 Å². The zero-order valence-corrected chi connectivity index (χ0v) is 8.39. The summed E-state index contributed by atoms with van der Waals surface area (Å²) in [4.78, 5) is 2.58. The van der Waals surface area contributed by atoms with E-state index in [9.17, 15) is 0 Å². The molecule has 3 rings (SSSR count). The molecular formula is C11H20N2. The first kappa shape index (κ1) is 8.25. The highest BCUT2D eigenvalue weighted by molar-refractivity contribution is 5.04. The maximum Gasteiger partial charge on any atom is 0.0283 e. The molecule has 0 atom stereocenters. The summed E-state index contributed by atoms with van der Waals surface area (Å²) in [5.74, 6) is 0. The molecule has 0 amide bonds. The number of nitrogens with two attached hydrogens (primary N) is 1. The molecule has 0 aromatic carbocycles. The number of hydrogen-bond acceptors (Lipinski definition) is 2. The van der Waals surface area contributed by atoms with Crippen molar-refractivity contribution < 1.29 is 0 Å². The van der Waals surface area contributed by atoms with Crippen LogP contribution in [0.2, 0.25) is 0 Å². The van der Waals surface area contributed by atoms with Gasteiger partial charge in [0.2, 0.25) is 0 Å². The first-order chi connectivity index (χ1) is 6.20. The Bertz CT molecular complexity index is 208. The molecule has 1 saturated heterocycles. The fraction of sp³-hybridized carbons (Fsp3) is 1.00. The van der Waals surface area contributed by atoms with E-state index in [1.54, 1.807) is 0 Å². The maximum atomic E-state index is 6.22. The van der Waals surface area contributed by atoms with Gasteiger partial charge in [-0.15, -0.1) is 0 Å². The van der Waals surface area contributed by atoms with Gasteiger partial charge in [-0.1, -0.05) is 6.42 Å². The minimum atomic E-state index is 0.214. The Morgan fingerprint density at radius 3 is 2.00 bits per heavy atom. The van der Waals surface area contributed by atoms with Crippen LogP contribution < -0.4 is 5.73 Å². The lowest BCUT2D eigenvalue weighted by Gasteiger charge is -2.58. The van der Waals surface area contributed by atoms with Crippen molar-refractivity contribution in [3.8, 4) is 0 Å². The zero-order chi connectivity index (χ0) is 8.94. The molecule has 0 aromatic rings. The largest absolute Gasteiger partial charge is 0.324 e. The van der Waals surface area contributed by atoms with Crippen LogP contribution in [0.4, 0.5) is 0 Å². The Balaban J connectivity index is 1.48. The van der Waals surface area contributed by atoms with Crippen molar-refractivity contribution in [3.05, 3.63) is 0 Å². The Hall–Kier alpha value is -0.0800. The summed E-state index contributed by atoms with van der Waals surface area (Å²) in [6.45, 7) is 3.88. The van der Waals surface area contributed by atoms with Crippen molar-refractivity contribution in [2.45, 2.75) is 44.1 Å². The SMILES string of the molecule is NC1(CN2CC3(CCC3)C2)CCC1. The smallest absolute Gasteiger partial charge is 0.0283 e. The Morgan fingerprint density at radius 1 is 1.00 bits per heavy atom. The summed E-state index contributed by atoms with van der Waals surface area (Å²) < 4.78 is 0. The number of nitrogens with zero attached hydrogens (tertiary/aromatic N) is 1. The van der Waals surface area contributed by atoms with Crippen LogP contribution in [0.25, 0.3) is 0 Å². The van der Waals surface area contributed by atoms with Crippen LogP contribution in [0.3, 0.4) is 0 Å². The van der Waals surface area contributed by atoms with E-state index in [1.165, 1.54) is 58.2 Å². The Labute approximate surface area is 80.5 Å². The number of likely N-dealkylation sites (tertiary alicyclic amines) is 1. The van der Waals surface area contributed by atoms with Gasteiger partial charge >= 0.3 is 0 Å². The van der Waals surface area contributed by atoms with Gasteiger partial charge in [-0.2, -0.15) is 0 Å².